The number of nitrogens with zero attached hydrogens (tertiary/aromatic N) is 2. The lowest BCUT2D eigenvalue weighted by Gasteiger charge is -2.21. The van der Waals surface area contributed by atoms with Gasteiger partial charge in [0.2, 0.25) is 5.91 Å². The molecule has 1 unspecified atom stereocenters. The summed E-state index contributed by atoms with van der Waals surface area (Å²) in [5.41, 5.74) is 1.08. The Morgan fingerprint density at radius 2 is 1.92 bits per heavy atom. The van der Waals surface area contributed by atoms with Crippen molar-refractivity contribution in [1.82, 2.24) is 9.55 Å². The molecule has 4 nitrogen and oxygen atoms in total. The molecule has 1 aromatic carbocycles. The highest BCUT2D eigenvalue weighted by molar-refractivity contribution is 5.90. The summed E-state index contributed by atoms with van der Waals surface area (Å²) in [7, 11) is 0. The van der Waals surface area contributed by atoms with Gasteiger partial charge in [0.15, 0.2) is 11.7 Å². The fourth-order valence-electron chi connectivity index (χ4n) is 3.68. The van der Waals surface area contributed by atoms with Gasteiger partial charge in [-0.15, -0.1) is 0 Å². The number of ether oxygens (including phenoxy) is 1. The molecular formula is C20H20F2N2O2. The third-order valence-corrected chi connectivity index (χ3v) is 5.13. The van der Waals surface area contributed by atoms with E-state index >= 15 is 0 Å². The van der Waals surface area contributed by atoms with Crippen molar-refractivity contribution in [1.29, 1.82) is 0 Å². The van der Waals surface area contributed by atoms with E-state index in [-0.39, 0.29) is 29.8 Å². The molecule has 1 saturated heterocycles. The van der Waals surface area contributed by atoms with E-state index in [0.29, 0.717) is 17.7 Å². The number of carbonyl (C=O) groups is 1. The molecule has 0 spiro atoms. The van der Waals surface area contributed by atoms with Gasteiger partial charge in [-0.05, 0) is 56.0 Å². The predicted octanol–water partition coefficient (Wildman–Crippen LogP) is 4.62. The van der Waals surface area contributed by atoms with Crippen molar-refractivity contribution in [2.24, 2.45) is 5.92 Å². The number of hydrogen-bond donors (Lipinski definition) is 0. The number of hydrogen-bond acceptors (Lipinski definition) is 3. The molecule has 3 heterocycles. The normalized spacial score (nSPS) is 25.3. The average Bonchev–Trinajstić information content (AvgIpc) is 3.27. The first-order valence-corrected chi connectivity index (χ1v) is 8.98. The minimum absolute atomic E-state index is 0.00403. The van der Waals surface area contributed by atoms with E-state index in [1.165, 1.54) is 29.0 Å². The molecule has 1 fully saturated rings. The summed E-state index contributed by atoms with van der Waals surface area (Å²) < 4.78 is 34.8. The number of rotatable bonds is 4. The van der Waals surface area contributed by atoms with Crippen molar-refractivity contribution >= 4 is 11.7 Å². The van der Waals surface area contributed by atoms with Crippen LogP contribution in [0.4, 0.5) is 8.78 Å². The third-order valence-electron chi connectivity index (χ3n) is 5.13. The first-order valence-electron chi connectivity index (χ1n) is 8.98. The number of carbonyl (C=O) groups excluding carboxylic acids is 1. The highest BCUT2D eigenvalue weighted by atomic mass is 19.1. The Balaban J connectivity index is 1.57. The molecule has 3 atom stereocenters. The third kappa shape index (κ3) is 3.09. The minimum Gasteiger partial charge on any atom is -0.375 e. The van der Waals surface area contributed by atoms with E-state index in [1.807, 2.05) is 0 Å². The molecule has 0 bridgehead atoms. The molecule has 0 amide bonds. The van der Waals surface area contributed by atoms with E-state index in [4.69, 9.17) is 4.74 Å². The van der Waals surface area contributed by atoms with Crippen molar-refractivity contribution in [3.05, 3.63) is 48.2 Å². The lowest BCUT2D eigenvalue weighted by atomic mass is 9.96. The van der Waals surface area contributed by atoms with Gasteiger partial charge in [0.1, 0.15) is 5.82 Å². The maximum atomic E-state index is 14.5. The number of halogens is 2. The molecule has 6 heteroatoms. The molecule has 0 radical (unpaired) electrons. The zero-order chi connectivity index (χ0) is 18.3. The number of benzene rings is 1. The quantitative estimate of drug-likeness (QED) is 0.801. The van der Waals surface area contributed by atoms with Crippen LogP contribution in [-0.2, 0) is 4.74 Å². The topological polar surface area (TPSA) is 44.1 Å². The summed E-state index contributed by atoms with van der Waals surface area (Å²) in [5, 5.41) is 0. The van der Waals surface area contributed by atoms with Gasteiger partial charge >= 0.3 is 0 Å². The molecule has 1 aromatic heterocycles. The van der Waals surface area contributed by atoms with Crippen LogP contribution in [0.1, 0.15) is 43.2 Å². The first-order chi connectivity index (χ1) is 12.5. The van der Waals surface area contributed by atoms with Crippen LogP contribution >= 0.6 is 0 Å². The van der Waals surface area contributed by atoms with Gasteiger partial charge in [-0.25, -0.2) is 13.8 Å². The second-order valence-electron chi connectivity index (χ2n) is 6.89. The Morgan fingerprint density at radius 3 is 2.62 bits per heavy atom. The summed E-state index contributed by atoms with van der Waals surface area (Å²) >= 11 is 0. The van der Waals surface area contributed by atoms with Crippen LogP contribution in [0.2, 0.25) is 0 Å². The first kappa shape index (κ1) is 17.1. The SMILES string of the molecule is CC[C@@H]1CC[C@H](CC2C=C(F)c3nc(-c4ccc(F)cc4)cn3C2=O)O1. The van der Waals surface area contributed by atoms with Crippen LogP contribution in [0.5, 0.6) is 0 Å². The van der Waals surface area contributed by atoms with E-state index in [1.54, 1.807) is 12.1 Å². The highest BCUT2D eigenvalue weighted by Crippen LogP contribution is 2.33. The number of aromatic nitrogens is 2. The Labute approximate surface area is 150 Å². The molecule has 0 aliphatic carbocycles. The fraction of sp³-hybridized carbons (Fsp3) is 0.400. The number of fused-ring (bicyclic) bond motifs is 1. The molecule has 136 valence electrons. The second kappa shape index (κ2) is 6.76. The molecule has 2 aliphatic rings. The number of allylic oxidation sites excluding steroid dienone is 1. The van der Waals surface area contributed by atoms with Gasteiger partial charge in [0.25, 0.3) is 0 Å². The van der Waals surface area contributed by atoms with Crippen molar-refractivity contribution in [3.63, 3.8) is 0 Å². The average molecular weight is 358 g/mol. The zero-order valence-electron chi connectivity index (χ0n) is 14.5. The van der Waals surface area contributed by atoms with Crippen LogP contribution in [-0.4, -0.2) is 27.7 Å². The Kier molecular flexibility index (Phi) is 4.44. The minimum atomic E-state index is -0.557. The second-order valence-corrected chi connectivity index (χ2v) is 6.89. The highest BCUT2D eigenvalue weighted by Gasteiger charge is 2.34. The van der Waals surface area contributed by atoms with Crippen molar-refractivity contribution in [2.75, 3.05) is 0 Å². The van der Waals surface area contributed by atoms with Crippen molar-refractivity contribution in [3.8, 4) is 11.3 Å². The van der Waals surface area contributed by atoms with Gasteiger partial charge < -0.3 is 4.74 Å². The predicted molar refractivity (Wildman–Crippen MR) is 93.6 cm³/mol. The van der Waals surface area contributed by atoms with E-state index < -0.39 is 11.7 Å². The Morgan fingerprint density at radius 1 is 1.19 bits per heavy atom. The van der Waals surface area contributed by atoms with Gasteiger partial charge in [-0.1, -0.05) is 6.92 Å². The molecule has 26 heavy (non-hydrogen) atoms. The van der Waals surface area contributed by atoms with Gasteiger partial charge in [0.05, 0.1) is 23.8 Å². The number of imidazole rings is 1. The zero-order valence-corrected chi connectivity index (χ0v) is 14.5. The van der Waals surface area contributed by atoms with Crippen molar-refractivity contribution < 1.29 is 18.3 Å². The smallest absolute Gasteiger partial charge is 0.239 e. The molecule has 0 saturated carbocycles. The summed E-state index contributed by atoms with van der Waals surface area (Å²) in [5.74, 6) is -1.62. The Bertz CT molecular complexity index is 857. The van der Waals surface area contributed by atoms with Gasteiger partial charge in [0, 0.05) is 11.8 Å². The van der Waals surface area contributed by atoms with E-state index in [0.717, 1.165) is 19.3 Å². The van der Waals surface area contributed by atoms with Crippen LogP contribution in [0, 0.1) is 11.7 Å². The van der Waals surface area contributed by atoms with Gasteiger partial charge in [-0.3, -0.25) is 9.36 Å². The largest absolute Gasteiger partial charge is 0.375 e. The monoisotopic (exact) mass is 358 g/mol. The van der Waals surface area contributed by atoms with Crippen LogP contribution in [0.15, 0.2) is 36.5 Å². The summed E-state index contributed by atoms with van der Waals surface area (Å²) in [6.45, 7) is 2.08. The van der Waals surface area contributed by atoms with E-state index in [9.17, 15) is 13.6 Å². The summed E-state index contributed by atoms with van der Waals surface area (Å²) in [6, 6.07) is 5.74. The maximum absolute atomic E-state index is 14.5. The van der Waals surface area contributed by atoms with Crippen molar-refractivity contribution in [2.45, 2.75) is 44.8 Å². The Hall–Kier alpha value is -2.34. The fourth-order valence-corrected chi connectivity index (χ4v) is 3.68. The van der Waals surface area contributed by atoms with Crippen LogP contribution in [0.3, 0.4) is 0 Å². The van der Waals surface area contributed by atoms with Crippen LogP contribution < -0.4 is 0 Å². The molecule has 2 aromatic rings. The van der Waals surface area contributed by atoms with Crippen LogP contribution in [0.25, 0.3) is 17.1 Å². The molecular weight excluding hydrogens is 338 g/mol. The summed E-state index contributed by atoms with van der Waals surface area (Å²) in [6.07, 6.45) is 6.41. The maximum Gasteiger partial charge on any atom is 0.239 e. The molecule has 2 aliphatic heterocycles. The molecule has 0 N–H and O–H groups in total. The lowest BCUT2D eigenvalue weighted by molar-refractivity contribution is 0.0307. The summed E-state index contributed by atoms with van der Waals surface area (Å²) in [4.78, 5) is 17.0. The molecule has 4 rings (SSSR count). The lowest BCUT2D eigenvalue weighted by Crippen LogP contribution is -2.28. The van der Waals surface area contributed by atoms with Gasteiger partial charge in [-0.2, -0.15) is 0 Å². The standard InChI is InChI=1S/C20H20F2N2O2/c1-2-15-7-8-16(26-15)9-13-10-17(22)19-23-18(11-24(19)20(13)25)12-3-5-14(21)6-4-12/h3-6,10-11,13,15-16H,2,7-9H2,1H3/t13?,15-,16-/m1/s1. The van der Waals surface area contributed by atoms with E-state index in [2.05, 4.69) is 11.9 Å².